The molecule has 0 radical (unpaired) electrons. The molecule has 4 N–H and O–H groups in total. The maximum Gasteiger partial charge on any atom is 0.404 e. The minimum absolute atomic E-state index is 0.0437. The van der Waals surface area contributed by atoms with E-state index in [2.05, 4.69) is 17.6 Å². The molecule has 3 aliphatic heterocycles. The fourth-order valence-corrected chi connectivity index (χ4v) is 5.43. The van der Waals surface area contributed by atoms with Gasteiger partial charge in [-0.2, -0.15) is 11.8 Å². The number of nitrogens with two attached hydrogens (primary N) is 1. The molecule has 3 heterocycles. The zero-order chi connectivity index (χ0) is 20.9. The number of amides is 1. The van der Waals surface area contributed by atoms with E-state index in [1.54, 1.807) is 25.8 Å². The molecule has 0 bridgehead atoms. The van der Waals surface area contributed by atoms with E-state index in [1.807, 2.05) is 4.90 Å². The number of nitrogens with zero attached hydrogens (tertiary/aromatic N) is 1. The van der Waals surface area contributed by atoms with Gasteiger partial charge in [-0.05, 0) is 12.7 Å². The smallest absolute Gasteiger partial charge is 0.404 e. The molecule has 0 unspecified atom stereocenters. The fraction of sp³-hybridized carbons (Fsp3) is 0.632. The molecule has 0 aromatic rings. The van der Waals surface area contributed by atoms with Crippen molar-refractivity contribution in [2.24, 2.45) is 11.7 Å². The second-order valence-electron chi connectivity index (χ2n) is 7.54. The van der Waals surface area contributed by atoms with Crippen LogP contribution in [-0.4, -0.2) is 78.7 Å². The summed E-state index contributed by atoms with van der Waals surface area (Å²) in [6.07, 6.45) is -0.925. The number of allylic oxidation sites excluding steroid dienone is 2. The van der Waals surface area contributed by atoms with Gasteiger partial charge in [-0.3, -0.25) is 9.59 Å². The van der Waals surface area contributed by atoms with Gasteiger partial charge in [0, 0.05) is 43.1 Å². The summed E-state index contributed by atoms with van der Waals surface area (Å²) in [5, 5.41) is 6.49. The second-order valence-corrected chi connectivity index (χ2v) is 8.94. The molecule has 29 heavy (non-hydrogen) atoms. The molecule has 0 aromatic heterocycles. The molecule has 1 aliphatic carbocycles. The van der Waals surface area contributed by atoms with Crippen molar-refractivity contribution in [3.8, 4) is 0 Å². The van der Waals surface area contributed by atoms with E-state index in [1.165, 1.54) is 0 Å². The van der Waals surface area contributed by atoms with E-state index in [0.717, 1.165) is 11.5 Å². The first-order chi connectivity index (χ1) is 13.9. The zero-order valence-electron chi connectivity index (χ0n) is 16.7. The van der Waals surface area contributed by atoms with E-state index in [-0.39, 0.29) is 30.3 Å². The van der Waals surface area contributed by atoms with Crippen LogP contribution in [0.5, 0.6) is 0 Å². The molecule has 158 valence electrons. The number of nitrogens with one attached hydrogen (secondary N) is 2. The number of rotatable bonds is 8. The lowest BCUT2D eigenvalue weighted by Gasteiger charge is -2.39. The van der Waals surface area contributed by atoms with Gasteiger partial charge in [0.25, 0.3) is 0 Å². The Labute approximate surface area is 173 Å². The number of piperazine rings is 1. The summed E-state index contributed by atoms with van der Waals surface area (Å²) < 4.78 is 11.0. The number of hydrogen-bond donors (Lipinski definition) is 3. The molecule has 2 saturated heterocycles. The van der Waals surface area contributed by atoms with Gasteiger partial charge in [0.1, 0.15) is 6.61 Å². The average Bonchev–Trinajstić information content (AvgIpc) is 3.30. The Balaban J connectivity index is 1.69. The quantitative estimate of drug-likeness (QED) is 0.275. The highest BCUT2D eigenvalue weighted by Crippen LogP contribution is 2.55. The number of fused-ring (bicyclic) bond motifs is 4. The molecule has 9 nitrogen and oxygen atoms in total. The first-order valence-electron chi connectivity index (χ1n) is 9.75. The number of primary amides is 1. The van der Waals surface area contributed by atoms with Gasteiger partial charge in [0.2, 0.25) is 11.6 Å². The Bertz CT molecular complexity index is 840. The molecule has 4 rings (SSSR count). The molecule has 1 amide bonds. The molecule has 2 fully saturated rings. The normalized spacial score (nSPS) is 32.4. The molecular weight excluding hydrogens is 396 g/mol. The monoisotopic (exact) mass is 422 g/mol. The topological polar surface area (TPSA) is 133 Å². The van der Waals surface area contributed by atoms with Gasteiger partial charge < -0.3 is 30.7 Å². The highest BCUT2D eigenvalue weighted by atomic mass is 32.2. The summed E-state index contributed by atoms with van der Waals surface area (Å²) in [7, 11) is 1.56. The van der Waals surface area contributed by atoms with Crippen LogP contribution < -0.4 is 16.4 Å². The lowest BCUT2D eigenvalue weighted by atomic mass is 9.82. The molecular formula is C19H26N4O5S. The number of methoxy groups -OCH3 is 1. The van der Waals surface area contributed by atoms with Crippen LogP contribution in [-0.2, 0) is 19.1 Å². The van der Waals surface area contributed by atoms with Crippen molar-refractivity contribution in [1.29, 1.82) is 0 Å². The second kappa shape index (κ2) is 7.33. The van der Waals surface area contributed by atoms with E-state index >= 15 is 0 Å². The van der Waals surface area contributed by atoms with Crippen molar-refractivity contribution in [3.63, 3.8) is 0 Å². The molecule has 0 saturated carbocycles. The summed E-state index contributed by atoms with van der Waals surface area (Å²) in [6.45, 7) is 4.77. The molecule has 0 spiro atoms. The Hall–Kier alpha value is -2.04. The van der Waals surface area contributed by atoms with Crippen molar-refractivity contribution in [2.75, 3.05) is 38.3 Å². The van der Waals surface area contributed by atoms with Crippen LogP contribution in [0.2, 0.25) is 0 Å². The van der Waals surface area contributed by atoms with Crippen LogP contribution in [0.3, 0.4) is 0 Å². The van der Waals surface area contributed by atoms with E-state index in [4.69, 9.17) is 15.2 Å². The van der Waals surface area contributed by atoms with Gasteiger partial charge >= 0.3 is 6.09 Å². The average molecular weight is 423 g/mol. The summed E-state index contributed by atoms with van der Waals surface area (Å²) in [4.78, 5) is 40.0. The third kappa shape index (κ3) is 2.88. The molecule has 4 atom stereocenters. The van der Waals surface area contributed by atoms with Gasteiger partial charge in [-0.15, -0.1) is 0 Å². The maximum absolute atomic E-state index is 13.5. The van der Waals surface area contributed by atoms with Gasteiger partial charge in [0.15, 0.2) is 5.72 Å². The van der Waals surface area contributed by atoms with Gasteiger partial charge in [-0.25, -0.2) is 4.79 Å². The lowest BCUT2D eigenvalue weighted by molar-refractivity contribution is -0.137. The number of Topliss-reactive ketones (excluding diaryl/α,β-unsaturated/α-hetero) is 2. The molecule has 10 heteroatoms. The predicted octanol–water partition coefficient (Wildman–Crippen LogP) is -0.267. The van der Waals surface area contributed by atoms with Crippen molar-refractivity contribution in [2.45, 2.75) is 31.7 Å². The Morgan fingerprint density at radius 3 is 2.83 bits per heavy atom. The summed E-state index contributed by atoms with van der Waals surface area (Å²) in [5.41, 5.74) is 5.70. The van der Waals surface area contributed by atoms with Gasteiger partial charge in [-0.1, -0.05) is 6.92 Å². The zero-order valence-corrected chi connectivity index (χ0v) is 17.6. The van der Waals surface area contributed by atoms with Crippen LogP contribution >= 0.6 is 11.8 Å². The van der Waals surface area contributed by atoms with E-state index in [9.17, 15) is 14.4 Å². The van der Waals surface area contributed by atoms with Crippen molar-refractivity contribution < 1.29 is 23.9 Å². The SMILES string of the molecule is CCSCCNC1=C(C)C(=O)C2=C(C1=O)[C@@H](COC(N)=O)[C@@]1(OC)[C@H]3N[C@H]3CN21. The van der Waals surface area contributed by atoms with E-state index < -0.39 is 17.7 Å². The number of hydrogen-bond acceptors (Lipinski definition) is 9. The summed E-state index contributed by atoms with van der Waals surface area (Å²) >= 11 is 1.75. The van der Waals surface area contributed by atoms with Crippen LogP contribution in [0.15, 0.2) is 22.5 Å². The Kier molecular flexibility index (Phi) is 5.12. The number of thioether (sulfide) groups is 1. The Morgan fingerprint density at radius 1 is 1.41 bits per heavy atom. The fourth-order valence-electron chi connectivity index (χ4n) is 4.90. The third-order valence-corrected chi connectivity index (χ3v) is 7.08. The lowest BCUT2D eigenvalue weighted by Crippen LogP contribution is -2.55. The van der Waals surface area contributed by atoms with Crippen molar-refractivity contribution in [3.05, 3.63) is 22.5 Å². The minimum atomic E-state index is -0.941. The minimum Gasteiger partial charge on any atom is -0.449 e. The standard InChI is InChI=1S/C19H26N4O5S/c1-4-29-6-5-21-13-9(2)15(24)14-12(16(13)25)10(8-28-18(20)26)19(27-3)17-11(22-17)7-23(14)19/h10-11,17,21-22H,4-8H2,1-3H3,(H2,20,26)/t10-,11+,17+,19-/m1/s1. The highest BCUT2D eigenvalue weighted by Gasteiger charge is 2.72. The first-order valence-corrected chi connectivity index (χ1v) is 10.9. The van der Waals surface area contributed by atoms with Crippen molar-refractivity contribution in [1.82, 2.24) is 15.5 Å². The first kappa shape index (κ1) is 20.2. The predicted molar refractivity (Wildman–Crippen MR) is 107 cm³/mol. The number of ketones is 2. The van der Waals surface area contributed by atoms with Crippen LogP contribution in [0, 0.1) is 5.92 Å². The molecule has 4 aliphatic rings. The number of carbonyl (C=O) groups is 3. The van der Waals surface area contributed by atoms with Gasteiger partial charge in [0.05, 0.1) is 23.4 Å². The number of ether oxygens (including phenoxy) is 2. The van der Waals surface area contributed by atoms with Crippen LogP contribution in [0.1, 0.15) is 13.8 Å². The number of carbonyl (C=O) groups excluding carboxylic acids is 3. The highest BCUT2D eigenvalue weighted by molar-refractivity contribution is 7.99. The summed E-state index contributed by atoms with van der Waals surface area (Å²) in [6, 6.07) is 0.135. The van der Waals surface area contributed by atoms with E-state index in [0.29, 0.717) is 35.6 Å². The van der Waals surface area contributed by atoms with Crippen LogP contribution in [0.4, 0.5) is 4.79 Å². The Morgan fingerprint density at radius 2 is 2.17 bits per heavy atom. The summed E-state index contributed by atoms with van der Waals surface area (Å²) in [5.74, 6) is 0.784. The maximum atomic E-state index is 13.5. The largest absolute Gasteiger partial charge is 0.449 e. The third-order valence-electron chi connectivity index (χ3n) is 6.18. The van der Waals surface area contributed by atoms with Crippen molar-refractivity contribution >= 4 is 29.4 Å². The molecule has 0 aromatic carbocycles. The van der Waals surface area contributed by atoms with Crippen LogP contribution in [0.25, 0.3) is 0 Å².